The summed E-state index contributed by atoms with van der Waals surface area (Å²) in [6.45, 7) is 5.74. The molecule has 3 aromatic carbocycles. The van der Waals surface area contributed by atoms with Crippen LogP contribution in [0.15, 0.2) is 78.5 Å². The van der Waals surface area contributed by atoms with Crippen LogP contribution in [0.25, 0.3) is 11.8 Å². The molecule has 42 heavy (non-hydrogen) atoms. The summed E-state index contributed by atoms with van der Waals surface area (Å²) in [6.07, 6.45) is 1.63. The molecule has 0 unspecified atom stereocenters. The van der Waals surface area contributed by atoms with Crippen LogP contribution in [0, 0.1) is 20.8 Å². The van der Waals surface area contributed by atoms with Gasteiger partial charge in [0.25, 0.3) is 5.91 Å². The summed E-state index contributed by atoms with van der Waals surface area (Å²) in [5, 5.41) is 6.42. The van der Waals surface area contributed by atoms with E-state index in [9.17, 15) is 14.4 Å². The number of ether oxygens (including phenoxy) is 1. The van der Waals surface area contributed by atoms with Crippen LogP contribution in [0.4, 0.5) is 10.5 Å². The Bertz CT molecular complexity index is 1710. The minimum atomic E-state index is -0.644. The predicted octanol–water partition coefficient (Wildman–Crippen LogP) is 6.82. The Morgan fingerprint density at radius 2 is 1.67 bits per heavy atom. The van der Waals surface area contributed by atoms with E-state index >= 15 is 0 Å². The molecule has 1 fully saturated rings. The van der Waals surface area contributed by atoms with Gasteiger partial charge in [-0.05, 0) is 87.0 Å². The van der Waals surface area contributed by atoms with E-state index in [0.29, 0.717) is 28.1 Å². The summed E-state index contributed by atoms with van der Waals surface area (Å²) in [7, 11) is 0. The van der Waals surface area contributed by atoms with E-state index in [1.165, 1.54) is 0 Å². The van der Waals surface area contributed by atoms with E-state index in [1.807, 2.05) is 73.9 Å². The van der Waals surface area contributed by atoms with Gasteiger partial charge in [-0.3, -0.25) is 9.59 Å². The van der Waals surface area contributed by atoms with E-state index in [1.54, 1.807) is 30.3 Å². The Labute approximate surface area is 253 Å². The monoisotopic (exact) mass is 602 g/mol. The first kappa shape index (κ1) is 29.0. The number of hydrogen-bond donors (Lipinski definition) is 2. The zero-order valence-corrected chi connectivity index (χ0v) is 24.7. The molecule has 1 saturated heterocycles. The average molecular weight is 604 g/mol. The highest BCUT2D eigenvalue weighted by Crippen LogP contribution is 2.27. The second-order valence-electron chi connectivity index (χ2n) is 9.97. The number of halogens is 2. The van der Waals surface area contributed by atoms with E-state index in [4.69, 9.17) is 27.9 Å². The van der Waals surface area contributed by atoms with Gasteiger partial charge in [0.05, 0.1) is 0 Å². The number of nitrogens with zero attached hydrogens (tertiary/aromatic N) is 2. The highest BCUT2D eigenvalue weighted by molar-refractivity contribution is 6.35. The van der Waals surface area contributed by atoms with Crippen molar-refractivity contribution in [3.8, 4) is 11.4 Å². The van der Waals surface area contributed by atoms with Gasteiger partial charge in [-0.25, -0.2) is 9.69 Å². The molecule has 5 rings (SSSR count). The lowest BCUT2D eigenvalue weighted by molar-refractivity contribution is -0.127. The number of rotatable bonds is 8. The molecule has 8 nitrogen and oxygen atoms in total. The maximum atomic E-state index is 13.0. The quantitative estimate of drug-likeness (QED) is 0.171. The van der Waals surface area contributed by atoms with Gasteiger partial charge >= 0.3 is 6.03 Å². The SMILES string of the molecule is Cc1ccc(NC(=O)CN2C(=O)N/C(=C\c3cc(C)n(-c4ccc(OCc5ccc(Cl)cc5Cl)cc4)c3C)C2=O)cc1. The number of benzene rings is 3. The first-order valence-electron chi connectivity index (χ1n) is 13.2. The Morgan fingerprint density at radius 1 is 0.952 bits per heavy atom. The molecule has 214 valence electrons. The lowest BCUT2D eigenvalue weighted by Gasteiger charge is -2.12. The lowest BCUT2D eigenvalue weighted by Crippen LogP contribution is -2.38. The average Bonchev–Trinajstić information content (AvgIpc) is 3.38. The van der Waals surface area contributed by atoms with Gasteiger partial charge in [0, 0.05) is 38.4 Å². The number of anilines is 1. The van der Waals surface area contributed by atoms with Crippen LogP contribution >= 0.6 is 23.2 Å². The van der Waals surface area contributed by atoms with Gasteiger partial charge in [-0.1, -0.05) is 47.0 Å². The topological polar surface area (TPSA) is 92.7 Å². The molecule has 2 N–H and O–H groups in total. The number of carbonyl (C=O) groups excluding carboxylic acids is 3. The number of nitrogens with one attached hydrogen (secondary N) is 2. The molecule has 1 aliphatic heterocycles. The Kier molecular flexibility index (Phi) is 8.38. The molecule has 0 saturated carbocycles. The number of amides is 4. The molecule has 0 bridgehead atoms. The molecule has 2 heterocycles. The van der Waals surface area contributed by atoms with Gasteiger partial charge in [-0.2, -0.15) is 0 Å². The fraction of sp³-hybridized carbons (Fsp3) is 0.156. The fourth-order valence-electron chi connectivity index (χ4n) is 4.67. The molecule has 1 aliphatic rings. The van der Waals surface area contributed by atoms with Crippen molar-refractivity contribution >= 4 is 52.8 Å². The van der Waals surface area contributed by atoms with Crippen LogP contribution < -0.4 is 15.4 Å². The maximum absolute atomic E-state index is 13.0. The number of aromatic nitrogens is 1. The minimum absolute atomic E-state index is 0.105. The van der Waals surface area contributed by atoms with Crippen LogP contribution in [0.3, 0.4) is 0 Å². The number of carbonyl (C=O) groups is 3. The Balaban J connectivity index is 1.27. The smallest absolute Gasteiger partial charge is 0.329 e. The first-order valence-corrected chi connectivity index (χ1v) is 13.9. The summed E-state index contributed by atoms with van der Waals surface area (Å²) >= 11 is 12.2. The predicted molar refractivity (Wildman–Crippen MR) is 164 cm³/mol. The van der Waals surface area contributed by atoms with Crippen LogP contribution in [-0.4, -0.2) is 33.9 Å². The van der Waals surface area contributed by atoms with Gasteiger partial charge in [0.2, 0.25) is 5.91 Å². The Morgan fingerprint density at radius 3 is 2.36 bits per heavy atom. The maximum Gasteiger partial charge on any atom is 0.329 e. The minimum Gasteiger partial charge on any atom is -0.489 e. The second-order valence-corrected chi connectivity index (χ2v) is 10.8. The fourth-order valence-corrected chi connectivity index (χ4v) is 5.14. The third-order valence-corrected chi connectivity index (χ3v) is 7.46. The van der Waals surface area contributed by atoms with E-state index < -0.39 is 24.4 Å². The van der Waals surface area contributed by atoms with Crippen molar-refractivity contribution in [3.05, 3.63) is 117 Å². The standard InChI is InChI=1S/C32H28Cl2N4O4/c1-19-4-8-25(9-5-19)35-30(39)17-37-31(40)29(36-32(37)41)15-23-14-20(2)38(21(23)3)26-10-12-27(13-11-26)42-18-22-6-7-24(33)16-28(22)34/h4-16H,17-18H2,1-3H3,(H,35,39)(H,36,41)/b29-15-. The van der Waals surface area contributed by atoms with Gasteiger partial charge in [-0.15, -0.1) is 0 Å². The van der Waals surface area contributed by atoms with Crippen molar-refractivity contribution in [3.63, 3.8) is 0 Å². The Hall–Kier alpha value is -4.53. The van der Waals surface area contributed by atoms with Crippen molar-refractivity contribution in [1.82, 2.24) is 14.8 Å². The molecule has 0 spiro atoms. The molecule has 4 aromatic rings. The molecule has 0 atom stereocenters. The normalized spacial score (nSPS) is 13.9. The number of urea groups is 1. The molecule has 4 amide bonds. The van der Waals surface area contributed by atoms with Crippen molar-refractivity contribution < 1.29 is 19.1 Å². The van der Waals surface area contributed by atoms with Crippen molar-refractivity contribution in [2.45, 2.75) is 27.4 Å². The number of hydrogen-bond acceptors (Lipinski definition) is 4. The van der Waals surface area contributed by atoms with Crippen molar-refractivity contribution in [2.24, 2.45) is 0 Å². The zero-order chi connectivity index (χ0) is 30.0. The molecule has 0 radical (unpaired) electrons. The lowest BCUT2D eigenvalue weighted by atomic mass is 10.2. The van der Waals surface area contributed by atoms with Crippen LogP contribution in [0.2, 0.25) is 10.0 Å². The van der Waals surface area contributed by atoms with Crippen molar-refractivity contribution in [1.29, 1.82) is 0 Å². The van der Waals surface area contributed by atoms with E-state index in [0.717, 1.165) is 38.7 Å². The molecule has 1 aromatic heterocycles. The molecule has 10 heteroatoms. The highest BCUT2D eigenvalue weighted by Gasteiger charge is 2.35. The van der Waals surface area contributed by atoms with Gasteiger partial charge in [0.1, 0.15) is 24.6 Å². The number of aryl methyl sites for hydroxylation is 2. The van der Waals surface area contributed by atoms with Gasteiger partial charge < -0.3 is 19.9 Å². The third kappa shape index (κ3) is 6.35. The van der Waals surface area contributed by atoms with E-state index in [2.05, 4.69) is 10.6 Å². The highest BCUT2D eigenvalue weighted by atomic mass is 35.5. The van der Waals surface area contributed by atoms with Crippen LogP contribution in [0.1, 0.15) is 28.1 Å². The van der Waals surface area contributed by atoms with Crippen LogP contribution in [0.5, 0.6) is 5.75 Å². The molecular formula is C32H28Cl2N4O4. The summed E-state index contributed by atoms with van der Waals surface area (Å²) < 4.78 is 7.94. The van der Waals surface area contributed by atoms with E-state index in [-0.39, 0.29) is 5.70 Å². The summed E-state index contributed by atoms with van der Waals surface area (Å²) in [4.78, 5) is 39.0. The summed E-state index contributed by atoms with van der Waals surface area (Å²) in [5.41, 5.74) is 6.06. The second kappa shape index (κ2) is 12.1. The zero-order valence-electron chi connectivity index (χ0n) is 23.2. The first-order chi connectivity index (χ1) is 20.1. The number of imide groups is 1. The largest absolute Gasteiger partial charge is 0.489 e. The summed E-state index contributed by atoms with van der Waals surface area (Å²) in [5.74, 6) is -0.350. The third-order valence-electron chi connectivity index (χ3n) is 6.87. The molecular weight excluding hydrogens is 575 g/mol. The summed E-state index contributed by atoms with van der Waals surface area (Å²) in [6, 6.07) is 21.4. The van der Waals surface area contributed by atoms with Crippen LogP contribution in [-0.2, 0) is 16.2 Å². The molecule has 0 aliphatic carbocycles. The van der Waals surface area contributed by atoms with Gasteiger partial charge in [0.15, 0.2) is 0 Å². The van der Waals surface area contributed by atoms with Crippen molar-refractivity contribution in [2.75, 3.05) is 11.9 Å².